The summed E-state index contributed by atoms with van der Waals surface area (Å²) in [5.74, 6) is 0. The molecule has 1 aliphatic heterocycles. The molecule has 0 spiro atoms. The Morgan fingerprint density at radius 3 is 2.46 bits per heavy atom. The lowest BCUT2D eigenvalue weighted by molar-refractivity contribution is 0.0702. The number of rotatable bonds is 4. The van der Waals surface area contributed by atoms with E-state index in [1.165, 1.54) is 0 Å². The maximum atomic E-state index is 5.32. The van der Waals surface area contributed by atoms with Crippen molar-refractivity contribution < 1.29 is 4.74 Å². The Labute approximate surface area is 81.2 Å². The number of hydrogen-bond donors (Lipinski definition) is 2. The zero-order valence-corrected chi connectivity index (χ0v) is 9.02. The zero-order valence-electron chi connectivity index (χ0n) is 9.02. The quantitative estimate of drug-likeness (QED) is 0.680. The summed E-state index contributed by atoms with van der Waals surface area (Å²) in [6, 6.07) is 0.636. The summed E-state index contributed by atoms with van der Waals surface area (Å²) in [6.07, 6.45) is 2.29. The maximum Gasteiger partial charge on any atom is 0.0480 e. The second-order valence-electron chi connectivity index (χ2n) is 4.45. The van der Waals surface area contributed by atoms with Gasteiger partial charge in [-0.05, 0) is 33.7 Å². The van der Waals surface area contributed by atoms with Crippen LogP contribution in [0, 0.1) is 0 Å². The number of hydrogen-bond acceptors (Lipinski definition) is 3. The smallest absolute Gasteiger partial charge is 0.0480 e. The van der Waals surface area contributed by atoms with Gasteiger partial charge in [0.1, 0.15) is 0 Å². The van der Waals surface area contributed by atoms with E-state index in [2.05, 4.69) is 24.5 Å². The van der Waals surface area contributed by atoms with Crippen LogP contribution in [0.25, 0.3) is 0 Å². The van der Waals surface area contributed by atoms with Crippen LogP contribution in [0.15, 0.2) is 0 Å². The standard InChI is InChI=1S/C10H22N2O/c1-10(2,8-11-3)12-9-4-6-13-7-5-9/h9,11-12H,4-8H2,1-3H3. The highest BCUT2D eigenvalue weighted by molar-refractivity contribution is 4.84. The third-order valence-corrected chi connectivity index (χ3v) is 2.43. The van der Waals surface area contributed by atoms with Crippen LogP contribution >= 0.6 is 0 Å². The van der Waals surface area contributed by atoms with E-state index in [-0.39, 0.29) is 5.54 Å². The molecule has 0 radical (unpaired) electrons. The molecule has 0 bridgehead atoms. The molecule has 0 unspecified atom stereocenters. The Hall–Kier alpha value is -0.120. The van der Waals surface area contributed by atoms with Gasteiger partial charge in [0.2, 0.25) is 0 Å². The van der Waals surface area contributed by atoms with Crippen molar-refractivity contribution >= 4 is 0 Å². The predicted molar refractivity (Wildman–Crippen MR) is 55.0 cm³/mol. The lowest BCUT2D eigenvalue weighted by atomic mass is 10.0. The number of likely N-dealkylation sites (N-methyl/N-ethyl adjacent to an activating group) is 1. The number of nitrogens with one attached hydrogen (secondary N) is 2. The fourth-order valence-corrected chi connectivity index (χ4v) is 1.89. The van der Waals surface area contributed by atoms with E-state index in [1.807, 2.05) is 7.05 Å². The third kappa shape index (κ3) is 4.07. The van der Waals surface area contributed by atoms with Crippen molar-refractivity contribution in [1.82, 2.24) is 10.6 Å². The fraction of sp³-hybridized carbons (Fsp3) is 1.00. The van der Waals surface area contributed by atoms with Crippen molar-refractivity contribution in [2.45, 2.75) is 38.3 Å². The van der Waals surface area contributed by atoms with Gasteiger partial charge in [-0.3, -0.25) is 0 Å². The Kier molecular flexibility index (Phi) is 4.16. The largest absolute Gasteiger partial charge is 0.381 e. The first-order valence-corrected chi connectivity index (χ1v) is 5.14. The molecule has 3 nitrogen and oxygen atoms in total. The van der Waals surface area contributed by atoms with Crippen LogP contribution < -0.4 is 10.6 Å². The Morgan fingerprint density at radius 1 is 1.31 bits per heavy atom. The second-order valence-corrected chi connectivity index (χ2v) is 4.45. The SMILES string of the molecule is CNCC(C)(C)NC1CCOCC1. The molecule has 1 fully saturated rings. The van der Waals surface area contributed by atoms with Crippen molar-refractivity contribution in [2.75, 3.05) is 26.8 Å². The summed E-state index contributed by atoms with van der Waals surface area (Å²) in [7, 11) is 1.99. The van der Waals surface area contributed by atoms with E-state index in [9.17, 15) is 0 Å². The Morgan fingerprint density at radius 2 is 1.92 bits per heavy atom. The van der Waals surface area contributed by atoms with Crippen molar-refractivity contribution in [3.05, 3.63) is 0 Å². The molecule has 13 heavy (non-hydrogen) atoms. The van der Waals surface area contributed by atoms with Gasteiger partial charge in [0.15, 0.2) is 0 Å². The fourth-order valence-electron chi connectivity index (χ4n) is 1.89. The highest BCUT2D eigenvalue weighted by Crippen LogP contribution is 2.11. The van der Waals surface area contributed by atoms with E-state index in [4.69, 9.17) is 4.74 Å². The van der Waals surface area contributed by atoms with Crippen LogP contribution in [0.5, 0.6) is 0 Å². The van der Waals surface area contributed by atoms with Gasteiger partial charge in [-0.15, -0.1) is 0 Å². The third-order valence-electron chi connectivity index (χ3n) is 2.43. The molecule has 1 aliphatic rings. The first kappa shape index (κ1) is 11.0. The zero-order chi connectivity index (χ0) is 9.73. The average Bonchev–Trinajstić information content (AvgIpc) is 2.04. The molecule has 0 amide bonds. The number of ether oxygens (including phenoxy) is 1. The summed E-state index contributed by atoms with van der Waals surface area (Å²) >= 11 is 0. The van der Waals surface area contributed by atoms with Crippen molar-refractivity contribution in [3.63, 3.8) is 0 Å². The van der Waals surface area contributed by atoms with Gasteiger partial charge in [-0.1, -0.05) is 0 Å². The molecule has 0 aromatic heterocycles. The van der Waals surface area contributed by atoms with Crippen molar-refractivity contribution in [1.29, 1.82) is 0 Å². The minimum atomic E-state index is 0.191. The van der Waals surface area contributed by atoms with E-state index in [1.54, 1.807) is 0 Å². The van der Waals surface area contributed by atoms with E-state index in [0.29, 0.717) is 6.04 Å². The van der Waals surface area contributed by atoms with Gasteiger partial charge in [0, 0.05) is 31.3 Å². The van der Waals surface area contributed by atoms with Crippen LogP contribution in [-0.2, 0) is 4.74 Å². The molecular weight excluding hydrogens is 164 g/mol. The topological polar surface area (TPSA) is 33.3 Å². The lowest BCUT2D eigenvalue weighted by Gasteiger charge is -2.33. The minimum Gasteiger partial charge on any atom is -0.381 e. The maximum absolute atomic E-state index is 5.32. The minimum absolute atomic E-state index is 0.191. The van der Waals surface area contributed by atoms with Gasteiger partial charge in [0.25, 0.3) is 0 Å². The summed E-state index contributed by atoms with van der Waals surface area (Å²) < 4.78 is 5.32. The monoisotopic (exact) mass is 186 g/mol. The van der Waals surface area contributed by atoms with Gasteiger partial charge in [0.05, 0.1) is 0 Å². The molecule has 0 aromatic carbocycles. The highest BCUT2D eigenvalue weighted by Gasteiger charge is 2.22. The first-order chi connectivity index (χ1) is 6.14. The van der Waals surface area contributed by atoms with Crippen LogP contribution in [0.1, 0.15) is 26.7 Å². The Bertz CT molecular complexity index is 142. The van der Waals surface area contributed by atoms with Crippen molar-refractivity contribution in [3.8, 4) is 0 Å². The van der Waals surface area contributed by atoms with Crippen molar-refractivity contribution in [2.24, 2.45) is 0 Å². The Balaban J connectivity index is 2.28. The normalized spacial score (nSPS) is 20.5. The summed E-state index contributed by atoms with van der Waals surface area (Å²) in [5, 5.41) is 6.86. The van der Waals surface area contributed by atoms with Gasteiger partial charge in [-0.2, -0.15) is 0 Å². The van der Waals surface area contributed by atoms with Gasteiger partial charge in [-0.25, -0.2) is 0 Å². The molecule has 2 N–H and O–H groups in total. The molecule has 3 heteroatoms. The second kappa shape index (κ2) is 4.94. The van der Waals surface area contributed by atoms with Crippen LogP contribution in [-0.4, -0.2) is 38.4 Å². The van der Waals surface area contributed by atoms with E-state index in [0.717, 1.165) is 32.6 Å². The lowest BCUT2D eigenvalue weighted by Crippen LogP contribution is -2.52. The summed E-state index contributed by atoms with van der Waals surface area (Å²) in [4.78, 5) is 0. The molecule has 0 atom stereocenters. The van der Waals surface area contributed by atoms with Gasteiger partial charge < -0.3 is 15.4 Å². The van der Waals surface area contributed by atoms with Crippen LogP contribution in [0.4, 0.5) is 0 Å². The molecule has 1 heterocycles. The molecule has 0 aliphatic carbocycles. The predicted octanol–water partition coefficient (Wildman–Crippen LogP) is 0.753. The summed E-state index contributed by atoms with van der Waals surface area (Å²) in [6.45, 7) is 7.29. The van der Waals surface area contributed by atoms with E-state index < -0.39 is 0 Å². The molecule has 78 valence electrons. The molecule has 0 aromatic rings. The summed E-state index contributed by atoms with van der Waals surface area (Å²) in [5.41, 5.74) is 0.191. The highest BCUT2D eigenvalue weighted by atomic mass is 16.5. The molecule has 1 rings (SSSR count). The van der Waals surface area contributed by atoms with Crippen LogP contribution in [0.3, 0.4) is 0 Å². The molecular formula is C10H22N2O. The van der Waals surface area contributed by atoms with E-state index >= 15 is 0 Å². The van der Waals surface area contributed by atoms with Gasteiger partial charge >= 0.3 is 0 Å². The van der Waals surface area contributed by atoms with Crippen LogP contribution in [0.2, 0.25) is 0 Å². The first-order valence-electron chi connectivity index (χ1n) is 5.14. The average molecular weight is 186 g/mol. The molecule has 0 saturated carbocycles. The molecule has 1 saturated heterocycles.